The molecule has 1 aliphatic rings. The number of nitrogens with zero attached hydrogens (tertiary/aromatic N) is 2. The van der Waals surface area contributed by atoms with Gasteiger partial charge in [0.25, 0.3) is 5.91 Å². The number of nitrogens with one attached hydrogen (secondary N) is 1. The molecule has 0 atom stereocenters. The Bertz CT molecular complexity index is 1150. The van der Waals surface area contributed by atoms with E-state index in [0.29, 0.717) is 24.6 Å². The number of thiazole rings is 1. The first-order chi connectivity index (χ1) is 14.6. The molecule has 1 aromatic heterocycles. The van der Waals surface area contributed by atoms with Gasteiger partial charge in [-0.1, -0.05) is 12.1 Å². The Balaban J connectivity index is 1.40. The fraction of sp³-hybridized carbons (Fsp3) is 0.391. The highest BCUT2D eigenvalue weighted by atomic mass is 32.2. The standard InChI is InChI=1S/C23H27N3O3S2/c1-23(2,3)25-31(28,29)18-10-8-17(9-11-18)22(27)26-14-12-16(13-15-26)21-24-19-6-4-5-7-20(19)30-21/h4-11,16,25H,12-15H2,1-3H3. The molecule has 0 bridgehead atoms. The van der Waals surface area contributed by atoms with Crippen molar-refractivity contribution in [3.05, 3.63) is 59.1 Å². The Morgan fingerprint density at radius 1 is 1.06 bits per heavy atom. The van der Waals surface area contributed by atoms with E-state index >= 15 is 0 Å². The average molecular weight is 458 g/mol. The number of hydrogen-bond donors (Lipinski definition) is 1. The molecule has 0 aliphatic carbocycles. The van der Waals surface area contributed by atoms with Crippen LogP contribution in [0.15, 0.2) is 53.4 Å². The van der Waals surface area contributed by atoms with E-state index in [4.69, 9.17) is 4.98 Å². The van der Waals surface area contributed by atoms with Crippen LogP contribution in [-0.2, 0) is 10.0 Å². The molecule has 0 saturated carbocycles. The van der Waals surface area contributed by atoms with Crippen LogP contribution >= 0.6 is 11.3 Å². The fourth-order valence-electron chi connectivity index (χ4n) is 3.82. The number of aromatic nitrogens is 1. The summed E-state index contributed by atoms with van der Waals surface area (Å²) in [6, 6.07) is 14.3. The number of hydrogen-bond acceptors (Lipinski definition) is 5. The topological polar surface area (TPSA) is 79.4 Å². The van der Waals surface area contributed by atoms with Crippen LogP contribution in [0.1, 0.15) is 54.9 Å². The zero-order chi connectivity index (χ0) is 22.2. The zero-order valence-electron chi connectivity index (χ0n) is 18.0. The summed E-state index contributed by atoms with van der Waals surface area (Å²) < 4.78 is 28.7. The SMILES string of the molecule is CC(C)(C)NS(=O)(=O)c1ccc(C(=O)N2CCC(c3nc4ccccc4s3)CC2)cc1. The maximum Gasteiger partial charge on any atom is 0.253 e. The summed E-state index contributed by atoms with van der Waals surface area (Å²) in [5.41, 5.74) is 0.978. The summed E-state index contributed by atoms with van der Waals surface area (Å²) in [6.45, 7) is 6.72. The van der Waals surface area contributed by atoms with Crippen molar-refractivity contribution in [1.82, 2.24) is 14.6 Å². The van der Waals surface area contributed by atoms with Gasteiger partial charge in [-0.2, -0.15) is 0 Å². The molecule has 2 heterocycles. The van der Waals surface area contributed by atoms with Crippen LogP contribution in [0.4, 0.5) is 0 Å². The van der Waals surface area contributed by atoms with Crippen molar-refractivity contribution in [3.63, 3.8) is 0 Å². The molecule has 3 aromatic rings. The van der Waals surface area contributed by atoms with Gasteiger partial charge in [0.05, 0.1) is 20.1 Å². The lowest BCUT2D eigenvalue weighted by atomic mass is 9.97. The Morgan fingerprint density at radius 3 is 2.32 bits per heavy atom. The Hall–Kier alpha value is -2.29. The van der Waals surface area contributed by atoms with Crippen molar-refractivity contribution in [1.29, 1.82) is 0 Å². The Labute approximate surface area is 187 Å². The highest BCUT2D eigenvalue weighted by molar-refractivity contribution is 7.89. The average Bonchev–Trinajstić information content (AvgIpc) is 3.16. The smallest absolute Gasteiger partial charge is 0.253 e. The van der Waals surface area contributed by atoms with E-state index in [9.17, 15) is 13.2 Å². The summed E-state index contributed by atoms with van der Waals surface area (Å²) in [7, 11) is -3.62. The number of piperidine rings is 1. The third kappa shape index (κ3) is 4.97. The molecule has 0 spiro atoms. The quantitative estimate of drug-likeness (QED) is 0.630. The molecule has 6 nitrogen and oxygen atoms in total. The molecule has 1 aliphatic heterocycles. The summed E-state index contributed by atoms with van der Waals surface area (Å²) in [5.74, 6) is 0.313. The molecule has 1 saturated heterocycles. The lowest BCUT2D eigenvalue weighted by Crippen LogP contribution is -2.40. The van der Waals surface area contributed by atoms with E-state index in [2.05, 4.69) is 10.8 Å². The van der Waals surface area contributed by atoms with Gasteiger partial charge in [-0.3, -0.25) is 4.79 Å². The normalized spacial score (nSPS) is 16.0. The second-order valence-corrected chi connectivity index (χ2v) is 11.7. The second-order valence-electron chi connectivity index (χ2n) is 8.97. The van der Waals surface area contributed by atoms with E-state index in [1.807, 2.05) is 23.1 Å². The molecule has 2 aromatic carbocycles. The number of carbonyl (C=O) groups is 1. The molecule has 8 heteroatoms. The molecule has 0 unspecified atom stereocenters. The van der Waals surface area contributed by atoms with E-state index in [-0.39, 0.29) is 10.8 Å². The summed E-state index contributed by atoms with van der Waals surface area (Å²) in [4.78, 5) is 19.7. The molecule has 1 fully saturated rings. The van der Waals surface area contributed by atoms with E-state index in [1.165, 1.54) is 16.8 Å². The van der Waals surface area contributed by atoms with E-state index in [1.54, 1.807) is 44.2 Å². The van der Waals surface area contributed by atoms with Crippen molar-refractivity contribution in [2.75, 3.05) is 13.1 Å². The number of rotatable bonds is 4. The van der Waals surface area contributed by atoms with Crippen molar-refractivity contribution in [2.24, 2.45) is 0 Å². The van der Waals surface area contributed by atoms with Crippen LogP contribution in [0.5, 0.6) is 0 Å². The van der Waals surface area contributed by atoms with Crippen LogP contribution in [0.25, 0.3) is 10.2 Å². The molecule has 1 N–H and O–H groups in total. The van der Waals surface area contributed by atoms with Gasteiger partial charge in [-0.05, 0) is 70.0 Å². The lowest BCUT2D eigenvalue weighted by molar-refractivity contribution is 0.0713. The van der Waals surface area contributed by atoms with Gasteiger partial charge in [-0.25, -0.2) is 18.1 Å². The third-order valence-corrected chi connectivity index (χ3v) is 8.27. The van der Waals surface area contributed by atoms with Crippen molar-refractivity contribution < 1.29 is 13.2 Å². The number of fused-ring (bicyclic) bond motifs is 1. The minimum atomic E-state index is -3.62. The number of likely N-dealkylation sites (tertiary alicyclic amines) is 1. The Morgan fingerprint density at radius 2 is 1.71 bits per heavy atom. The van der Waals surface area contributed by atoms with E-state index < -0.39 is 15.6 Å². The number of amides is 1. The third-order valence-electron chi connectivity index (χ3n) is 5.29. The molecule has 31 heavy (non-hydrogen) atoms. The van der Waals surface area contributed by atoms with Gasteiger partial charge < -0.3 is 4.90 Å². The number of para-hydroxylation sites is 1. The first kappa shape index (κ1) is 21.9. The van der Waals surface area contributed by atoms with Gasteiger partial charge in [-0.15, -0.1) is 11.3 Å². The van der Waals surface area contributed by atoms with E-state index in [0.717, 1.165) is 23.4 Å². The van der Waals surface area contributed by atoms with Crippen LogP contribution in [0.2, 0.25) is 0 Å². The highest BCUT2D eigenvalue weighted by Gasteiger charge is 2.27. The van der Waals surface area contributed by atoms with Gasteiger partial charge in [0.1, 0.15) is 0 Å². The number of carbonyl (C=O) groups excluding carboxylic acids is 1. The molecular weight excluding hydrogens is 430 g/mol. The van der Waals surface area contributed by atoms with Crippen molar-refractivity contribution in [3.8, 4) is 0 Å². The van der Waals surface area contributed by atoms with Crippen molar-refractivity contribution in [2.45, 2.75) is 50.0 Å². The zero-order valence-corrected chi connectivity index (χ0v) is 19.6. The fourth-order valence-corrected chi connectivity index (χ4v) is 6.37. The largest absolute Gasteiger partial charge is 0.339 e. The predicted molar refractivity (Wildman–Crippen MR) is 124 cm³/mol. The molecule has 164 valence electrons. The van der Waals surface area contributed by atoms with Crippen molar-refractivity contribution >= 4 is 37.5 Å². The summed E-state index contributed by atoms with van der Waals surface area (Å²) >= 11 is 1.74. The van der Waals surface area contributed by atoms with Crippen LogP contribution in [-0.4, -0.2) is 42.8 Å². The minimum Gasteiger partial charge on any atom is -0.339 e. The lowest BCUT2D eigenvalue weighted by Gasteiger charge is -2.31. The summed E-state index contributed by atoms with van der Waals surface area (Å²) in [5, 5.41) is 1.15. The predicted octanol–water partition coefficient (Wildman–Crippen LogP) is 4.39. The van der Waals surface area contributed by atoms with Crippen LogP contribution in [0, 0.1) is 0 Å². The Kier molecular flexibility index (Phi) is 5.89. The van der Waals surface area contributed by atoms with Crippen LogP contribution in [0.3, 0.4) is 0 Å². The van der Waals surface area contributed by atoms with Gasteiger partial charge >= 0.3 is 0 Å². The first-order valence-corrected chi connectivity index (χ1v) is 12.7. The first-order valence-electron chi connectivity index (χ1n) is 10.4. The highest BCUT2D eigenvalue weighted by Crippen LogP contribution is 2.34. The van der Waals surface area contributed by atoms with Gasteiger partial charge in [0.2, 0.25) is 10.0 Å². The van der Waals surface area contributed by atoms with Gasteiger partial charge in [0.15, 0.2) is 0 Å². The summed E-state index contributed by atoms with van der Waals surface area (Å²) in [6.07, 6.45) is 1.76. The molecular formula is C23H27N3O3S2. The van der Waals surface area contributed by atoms with Crippen LogP contribution < -0.4 is 4.72 Å². The maximum atomic E-state index is 12.9. The second kappa shape index (κ2) is 8.33. The molecule has 0 radical (unpaired) electrons. The molecule has 1 amide bonds. The number of sulfonamides is 1. The van der Waals surface area contributed by atoms with Gasteiger partial charge in [0, 0.05) is 30.1 Å². The monoisotopic (exact) mass is 457 g/mol. The minimum absolute atomic E-state index is 0.0597. The number of benzene rings is 2. The molecule has 4 rings (SSSR count). The maximum absolute atomic E-state index is 12.9.